The van der Waals surface area contributed by atoms with Crippen molar-refractivity contribution in [3.8, 4) is 18.1 Å². The molecule has 1 heterocycles. The average molecular weight is 371 g/mol. The molecule has 0 saturated carbocycles. The Morgan fingerprint density at radius 3 is 2.69 bits per heavy atom. The second kappa shape index (κ2) is 8.03. The summed E-state index contributed by atoms with van der Waals surface area (Å²) in [6.45, 7) is 3.41. The number of carbonyl (C=O) groups is 2. The zero-order chi connectivity index (χ0) is 19.3. The van der Waals surface area contributed by atoms with E-state index in [4.69, 9.17) is 18.0 Å². The molecule has 2 rings (SSSR count). The molecule has 134 valence electrons. The third kappa shape index (κ3) is 5.33. The third-order valence-corrected chi connectivity index (χ3v) is 3.91. The highest BCUT2D eigenvalue weighted by molar-refractivity contribution is 6.30. The van der Waals surface area contributed by atoms with Gasteiger partial charge in [-0.1, -0.05) is 17.5 Å². The molecular formula is C20H19ClN2O3. The number of nitrogens with zero attached hydrogens (tertiary/aromatic N) is 1. The molecule has 2 N–H and O–H groups in total. The molecule has 5 nitrogen and oxygen atoms in total. The number of aromatic nitrogens is 1. The van der Waals surface area contributed by atoms with Crippen LogP contribution in [-0.2, 0) is 17.6 Å². The molecule has 6 heteroatoms. The van der Waals surface area contributed by atoms with Crippen LogP contribution in [0.25, 0.3) is 0 Å². The first-order valence-corrected chi connectivity index (χ1v) is 8.32. The molecule has 1 aromatic carbocycles. The zero-order valence-corrected chi connectivity index (χ0v) is 15.3. The third-order valence-electron chi connectivity index (χ3n) is 3.67. The summed E-state index contributed by atoms with van der Waals surface area (Å²) in [7, 11) is 0. The summed E-state index contributed by atoms with van der Waals surface area (Å²) in [4.78, 5) is 28.6. The molecule has 0 aliphatic heterocycles. The summed E-state index contributed by atoms with van der Waals surface area (Å²) in [6, 6.07) is 7.78. The molecule has 2 aromatic rings. The Balaban J connectivity index is 2.08. The van der Waals surface area contributed by atoms with Crippen LogP contribution in [0.15, 0.2) is 36.5 Å². The normalized spacial score (nSPS) is 10.8. The van der Waals surface area contributed by atoms with E-state index >= 15 is 0 Å². The van der Waals surface area contributed by atoms with Gasteiger partial charge in [-0.15, -0.1) is 6.42 Å². The number of pyridine rings is 1. The number of nitrogens with one attached hydrogen (secondary N) is 1. The smallest absolute Gasteiger partial charge is 0.271 e. The lowest BCUT2D eigenvalue weighted by atomic mass is 10.0. The van der Waals surface area contributed by atoms with Gasteiger partial charge in [-0.3, -0.25) is 14.6 Å². The number of terminal acetylenes is 1. The van der Waals surface area contributed by atoms with Crippen LogP contribution < -0.4 is 5.32 Å². The number of amides is 1. The number of hydrogen-bond acceptors (Lipinski definition) is 4. The number of rotatable bonds is 6. The van der Waals surface area contributed by atoms with Crippen LogP contribution in [0, 0.1) is 12.3 Å². The number of aromatic hydroxyl groups is 1. The number of carbonyl (C=O) groups excluding carboxylic acids is 2. The lowest BCUT2D eigenvalue weighted by Gasteiger charge is -2.19. The standard InChI is InChI=1S/C20H19ClN2O3/c1-4-20(2,3)23-19(26)17-10-13(7-8-22-17)9-16(24)12-14-11-15(21)5-6-18(14)25/h1,5-8,10-11,25H,9,12H2,2-3H3,(H,23,26). The van der Waals surface area contributed by atoms with Gasteiger partial charge >= 0.3 is 0 Å². The minimum atomic E-state index is -0.797. The Labute approximate surface area is 157 Å². The highest BCUT2D eigenvalue weighted by Crippen LogP contribution is 2.22. The molecule has 26 heavy (non-hydrogen) atoms. The lowest BCUT2D eigenvalue weighted by molar-refractivity contribution is -0.117. The summed E-state index contributed by atoms with van der Waals surface area (Å²) < 4.78 is 0. The van der Waals surface area contributed by atoms with Crippen LogP contribution in [0.4, 0.5) is 0 Å². The second-order valence-corrected chi connectivity index (χ2v) is 6.87. The second-order valence-electron chi connectivity index (χ2n) is 6.44. The minimum absolute atomic E-state index is 0.0223. The van der Waals surface area contributed by atoms with Crippen molar-refractivity contribution in [2.75, 3.05) is 0 Å². The highest BCUT2D eigenvalue weighted by atomic mass is 35.5. The quantitative estimate of drug-likeness (QED) is 0.766. The predicted molar refractivity (Wildman–Crippen MR) is 100 cm³/mol. The van der Waals surface area contributed by atoms with Crippen LogP contribution in [0.3, 0.4) is 0 Å². The van der Waals surface area contributed by atoms with Crippen molar-refractivity contribution < 1.29 is 14.7 Å². The van der Waals surface area contributed by atoms with Crippen LogP contribution in [0.2, 0.25) is 5.02 Å². The summed E-state index contributed by atoms with van der Waals surface area (Å²) in [6.07, 6.45) is 6.98. The Hall–Kier alpha value is -2.84. The SMILES string of the molecule is C#CC(C)(C)NC(=O)c1cc(CC(=O)Cc2cc(Cl)ccc2O)ccn1. The summed E-state index contributed by atoms with van der Waals surface area (Å²) in [5.41, 5.74) is 0.499. The largest absolute Gasteiger partial charge is 0.508 e. The van der Waals surface area contributed by atoms with Crippen molar-refractivity contribution in [1.82, 2.24) is 10.3 Å². The van der Waals surface area contributed by atoms with Gasteiger partial charge in [0.15, 0.2) is 0 Å². The summed E-state index contributed by atoms with van der Waals surface area (Å²) >= 11 is 5.89. The van der Waals surface area contributed by atoms with Gasteiger partial charge in [0.1, 0.15) is 17.2 Å². The molecule has 0 saturated heterocycles. The zero-order valence-electron chi connectivity index (χ0n) is 14.5. The number of hydrogen-bond donors (Lipinski definition) is 2. The lowest BCUT2D eigenvalue weighted by Crippen LogP contribution is -2.42. The van der Waals surface area contributed by atoms with Crippen molar-refractivity contribution in [1.29, 1.82) is 0 Å². The van der Waals surface area contributed by atoms with Crippen LogP contribution in [0.5, 0.6) is 5.75 Å². The summed E-state index contributed by atoms with van der Waals surface area (Å²) in [5, 5.41) is 12.9. The topological polar surface area (TPSA) is 79.3 Å². The molecule has 0 bridgehead atoms. The molecule has 0 fully saturated rings. The molecule has 0 atom stereocenters. The van der Waals surface area contributed by atoms with Crippen LogP contribution in [0.1, 0.15) is 35.5 Å². The maximum atomic E-state index is 12.3. The average Bonchev–Trinajstić information content (AvgIpc) is 2.58. The van der Waals surface area contributed by atoms with E-state index in [9.17, 15) is 14.7 Å². The number of benzene rings is 1. The molecule has 1 amide bonds. The fourth-order valence-electron chi connectivity index (χ4n) is 2.29. The van der Waals surface area contributed by atoms with Gasteiger partial charge in [-0.05, 0) is 49.7 Å². The van der Waals surface area contributed by atoms with Crippen molar-refractivity contribution in [2.45, 2.75) is 32.2 Å². The minimum Gasteiger partial charge on any atom is -0.508 e. The van der Waals surface area contributed by atoms with Crippen molar-refractivity contribution in [3.05, 3.63) is 58.4 Å². The van der Waals surface area contributed by atoms with Crippen molar-refractivity contribution in [2.24, 2.45) is 0 Å². The molecule has 0 radical (unpaired) electrons. The van der Waals surface area contributed by atoms with Gasteiger partial charge in [-0.2, -0.15) is 0 Å². The van der Waals surface area contributed by atoms with Gasteiger partial charge in [-0.25, -0.2) is 0 Å². The van der Waals surface area contributed by atoms with Crippen molar-refractivity contribution in [3.63, 3.8) is 0 Å². The molecule has 0 aliphatic rings. The Morgan fingerprint density at radius 2 is 2.00 bits per heavy atom. The maximum Gasteiger partial charge on any atom is 0.271 e. The van der Waals surface area contributed by atoms with Gasteiger partial charge in [0.25, 0.3) is 5.91 Å². The van der Waals surface area contributed by atoms with E-state index in [1.807, 2.05) is 0 Å². The van der Waals surface area contributed by atoms with E-state index in [2.05, 4.69) is 16.2 Å². The van der Waals surface area contributed by atoms with Gasteiger partial charge in [0, 0.05) is 29.6 Å². The highest BCUT2D eigenvalue weighted by Gasteiger charge is 2.19. The van der Waals surface area contributed by atoms with E-state index in [1.54, 1.807) is 38.1 Å². The first kappa shape index (κ1) is 19.5. The molecule has 0 unspecified atom stereocenters. The van der Waals surface area contributed by atoms with E-state index < -0.39 is 11.4 Å². The van der Waals surface area contributed by atoms with E-state index in [-0.39, 0.29) is 30.1 Å². The number of halogens is 1. The Morgan fingerprint density at radius 1 is 1.27 bits per heavy atom. The van der Waals surface area contributed by atoms with Crippen LogP contribution >= 0.6 is 11.6 Å². The van der Waals surface area contributed by atoms with Gasteiger partial charge in [0.05, 0.1) is 5.54 Å². The van der Waals surface area contributed by atoms with Gasteiger partial charge in [0.2, 0.25) is 0 Å². The predicted octanol–water partition coefficient (Wildman–Crippen LogP) is 2.94. The molecule has 0 aliphatic carbocycles. The fraction of sp³-hybridized carbons (Fsp3) is 0.250. The fourth-order valence-corrected chi connectivity index (χ4v) is 2.49. The van der Waals surface area contributed by atoms with Gasteiger partial charge < -0.3 is 10.4 Å². The van der Waals surface area contributed by atoms with E-state index in [0.29, 0.717) is 16.1 Å². The number of phenolic OH excluding ortho intramolecular Hbond substituents is 1. The Kier molecular flexibility index (Phi) is 6.01. The molecule has 1 aromatic heterocycles. The number of ketones is 1. The number of phenols is 1. The first-order chi connectivity index (χ1) is 12.2. The van der Waals surface area contributed by atoms with Crippen LogP contribution in [-0.4, -0.2) is 27.3 Å². The number of Topliss-reactive ketones (excluding diaryl/α,β-unsaturated/α-hetero) is 1. The molecule has 0 spiro atoms. The molecular weight excluding hydrogens is 352 g/mol. The van der Waals surface area contributed by atoms with Crippen molar-refractivity contribution >= 4 is 23.3 Å². The van der Waals surface area contributed by atoms with E-state index in [1.165, 1.54) is 12.3 Å². The maximum absolute atomic E-state index is 12.3. The summed E-state index contributed by atoms with van der Waals surface area (Å²) in [5.74, 6) is 1.97. The Bertz CT molecular complexity index is 885. The first-order valence-electron chi connectivity index (χ1n) is 7.94. The van der Waals surface area contributed by atoms with E-state index in [0.717, 1.165) is 0 Å². The monoisotopic (exact) mass is 370 g/mol.